The number of anilines is 1. The quantitative estimate of drug-likeness (QED) is 0.695. The first-order valence-corrected chi connectivity index (χ1v) is 9.69. The summed E-state index contributed by atoms with van der Waals surface area (Å²) in [6, 6.07) is 7.37. The molecule has 0 unspecified atom stereocenters. The molecule has 2 heterocycles. The Morgan fingerprint density at radius 3 is 2.57 bits per heavy atom. The summed E-state index contributed by atoms with van der Waals surface area (Å²) in [4.78, 5) is 14.7. The van der Waals surface area contributed by atoms with E-state index in [1.54, 1.807) is 12.1 Å². The molecule has 1 aromatic heterocycles. The number of piperidine rings is 1. The van der Waals surface area contributed by atoms with Gasteiger partial charge in [-0.05, 0) is 31.9 Å². The molecule has 0 bridgehead atoms. The summed E-state index contributed by atoms with van der Waals surface area (Å²) < 4.78 is 45.2. The monoisotopic (exact) mass is 440 g/mol. The van der Waals surface area contributed by atoms with Crippen LogP contribution >= 0.6 is 11.6 Å². The van der Waals surface area contributed by atoms with Gasteiger partial charge in [-0.3, -0.25) is 9.48 Å². The zero-order valence-electron chi connectivity index (χ0n) is 16.5. The van der Waals surface area contributed by atoms with E-state index in [1.165, 1.54) is 14.0 Å². The van der Waals surface area contributed by atoms with Crippen molar-refractivity contribution >= 4 is 23.1 Å². The number of carbonyl (C=O) groups is 1. The molecule has 160 valence electrons. The van der Waals surface area contributed by atoms with E-state index >= 15 is 0 Å². The molecule has 1 aromatic carbocycles. The second-order valence-corrected chi connectivity index (χ2v) is 7.51. The third kappa shape index (κ3) is 4.38. The van der Waals surface area contributed by atoms with E-state index in [2.05, 4.69) is 16.1 Å². The molecule has 3 rings (SSSR count). The van der Waals surface area contributed by atoms with Crippen molar-refractivity contribution in [3.8, 4) is 11.8 Å². The van der Waals surface area contributed by atoms with Crippen LogP contribution in [0, 0.1) is 24.2 Å². The van der Waals surface area contributed by atoms with Crippen molar-refractivity contribution in [3.05, 3.63) is 40.2 Å². The van der Waals surface area contributed by atoms with E-state index in [0.29, 0.717) is 37.2 Å². The van der Waals surface area contributed by atoms with Gasteiger partial charge in [0, 0.05) is 30.8 Å². The Bertz CT molecular complexity index is 989. The Morgan fingerprint density at radius 1 is 1.37 bits per heavy atom. The summed E-state index contributed by atoms with van der Waals surface area (Å²) in [5.74, 6) is 0.0565. The minimum Gasteiger partial charge on any atom is -0.495 e. The largest absolute Gasteiger partial charge is 0.495 e. The molecule has 30 heavy (non-hydrogen) atoms. The summed E-state index contributed by atoms with van der Waals surface area (Å²) in [6.07, 6.45) is -3.52. The third-order valence-corrected chi connectivity index (χ3v) is 5.78. The maximum Gasteiger partial charge on any atom is 0.436 e. The first-order chi connectivity index (χ1) is 14.2. The zero-order chi connectivity index (χ0) is 22.1. The smallest absolute Gasteiger partial charge is 0.436 e. The predicted octanol–water partition coefficient (Wildman–Crippen LogP) is 4.23. The van der Waals surface area contributed by atoms with Gasteiger partial charge in [-0.2, -0.15) is 23.5 Å². The number of alkyl halides is 3. The number of benzene rings is 1. The molecule has 0 aliphatic carbocycles. The van der Waals surface area contributed by atoms with Gasteiger partial charge >= 0.3 is 6.18 Å². The number of carbonyl (C=O) groups excluding carboxylic acids is 1. The van der Waals surface area contributed by atoms with Crippen LogP contribution in [-0.4, -0.2) is 35.8 Å². The van der Waals surface area contributed by atoms with Crippen molar-refractivity contribution in [3.63, 3.8) is 0 Å². The third-order valence-electron chi connectivity index (χ3n) is 5.33. The lowest BCUT2D eigenvalue weighted by molar-refractivity contribution is -0.141. The summed E-state index contributed by atoms with van der Waals surface area (Å²) in [6.45, 7) is 2.39. The van der Waals surface area contributed by atoms with Crippen LogP contribution in [0.15, 0.2) is 18.2 Å². The molecule has 2 aromatic rings. The summed E-state index contributed by atoms with van der Waals surface area (Å²) in [5, 5.41) is 12.1. The molecule has 6 nitrogen and oxygen atoms in total. The van der Waals surface area contributed by atoms with E-state index in [0.717, 1.165) is 10.4 Å². The number of ketones is 1. The van der Waals surface area contributed by atoms with Crippen molar-refractivity contribution in [2.45, 2.75) is 32.5 Å². The normalized spacial score (nSPS) is 15.2. The molecule has 1 saturated heterocycles. The van der Waals surface area contributed by atoms with E-state index in [1.807, 2.05) is 6.07 Å². The lowest BCUT2D eigenvalue weighted by atomic mass is 9.92. The van der Waals surface area contributed by atoms with Gasteiger partial charge in [-0.1, -0.05) is 11.6 Å². The number of ether oxygens (including phenoxy) is 1. The Balaban J connectivity index is 1.65. The van der Waals surface area contributed by atoms with Crippen molar-refractivity contribution in [1.82, 2.24) is 9.78 Å². The van der Waals surface area contributed by atoms with Crippen LogP contribution in [0.1, 0.15) is 29.8 Å². The Kier molecular flexibility index (Phi) is 6.27. The Labute approximate surface area is 176 Å². The standard InChI is InChI=1S/C20H20ClF3N4O2/c1-12-18(21)19(20(22,23)24)26-28(12)11-16(29)13-5-7-27(8-6-13)15-4-3-14(10-25)17(9-15)30-2/h3-4,9,13H,5-8,11H2,1-2H3. The lowest BCUT2D eigenvalue weighted by Crippen LogP contribution is -2.37. The highest BCUT2D eigenvalue weighted by molar-refractivity contribution is 6.32. The summed E-state index contributed by atoms with van der Waals surface area (Å²) in [7, 11) is 1.50. The van der Waals surface area contributed by atoms with Crippen LogP contribution in [0.2, 0.25) is 5.02 Å². The molecule has 0 amide bonds. The van der Waals surface area contributed by atoms with Crippen molar-refractivity contribution in [2.24, 2.45) is 5.92 Å². The van der Waals surface area contributed by atoms with Crippen LogP contribution < -0.4 is 9.64 Å². The maximum absolute atomic E-state index is 13.0. The van der Waals surface area contributed by atoms with Crippen LogP contribution in [0.4, 0.5) is 18.9 Å². The molecule has 0 spiro atoms. The van der Waals surface area contributed by atoms with Gasteiger partial charge < -0.3 is 9.64 Å². The topological polar surface area (TPSA) is 71.2 Å². The van der Waals surface area contributed by atoms with Gasteiger partial charge in [0.1, 0.15) is 18.4 Å². The van der Waals surface area contributed by atoms with Crippen molar-refractivity contribution < 1.29 is 22.7 Å². The average Bonchev–Trinajstić information content (AvgIpc) is 3.02. The molecule has 1 aliphatic heterocycles. The predicted molar refractivity (Wildman–Crippen MR) is 105 cm³/mol. The van der Waals surface area contributed by atoms with Gasteiger partial charge in [-0.25, -0.2) is 0 Å². The fourth-order valence-corrected chi connectivity index (χ4v) is 3.81. The number of rotatable bonds is 5. The van der Waals surface area contributed by atoms with Crippen molar-refractivity contribution in [1.29, 1.82) is 5.26 Å². The number of halogens is 4. The van der Waals surface area contributed by atoms with Crippen LogP contribution in [0.25, 0.3) is 0 Å². The highest BCUT2D eigenvalue weighted by Gasteiger charge is 2.38. The minimum atomic E-state index is -4.66. The molecule has 10 heteroatoms. The second kappa shape index (κ2) is 8.56. The first-order valence-electron chi connectivity index (χ1n) is 9.31. The molecule has 0 saturated carbocycles. The number of aromatic nitrogens is 2. The molecule has 0 atom stereocenters. The van der Waals surface area contributed by atoms with Gasteiger partial charge in [0.25, 0.3) is 0 Å². The first kappa shape index (κ1) is 22.0. The summed E-state index contributed by atoms with van der Waals surface area (Å²) in [5.41, 5.74) is 0.289. The fraction of sp³-hybridized carbons (Fsp3) is 0.450. The van der Waals surface area contributed by atoms with Gasteiger partial charge in [0.05, 0.1) is 23.4 Å². The number of methoxy groups -OCH3 is 1. The minimum absolute atomic E-state index is 0.124. The molecule has 1 fully saturated rings. The molecule has 0 radical (unpaired) electrons. The highest BCUT2D eigenvalue weighted by Crippen LogP contribution is 2.35. The van der Waals surface area contributed by atoms with Gasteiger partial charge in [0.15, 0.2) is 11.5 Å². The SMILES string of the molecule is COc1cc(N2CCC(C(=O)Cn3nc(C(F)(F)F)c(Cl)c3C)CC2)ccc1C#N. The van der Waals surface area contributed by atoms with E-state index in [9.17, 15) is 18.0 Å². The highest BCUT2D eigenvalue weighted by atomic mass is 35.5. The fourth-order valence-electron chi connectivity index (χ4n) is 3.56. The number of Topliss-reactive ketones (excluding diaryl/α,β-unsaturated/α-hetero) is 1. The number of nitrogens with zero attached hydrogens (tertiary/aromatic N) is 4. The molecule has 0 N–H and O–H groups in total. The van der Waals surface area contributed by atoms with Gasteiger partial charge in [0.2, 0.25) is 0 Å². The number of hydrogen-bond donors (Lipinski definition) is 0. The van der Waals surface area contributed by atoms with Crippen LogP contribution in [0.5, 0.6) is 5.75 Å². The maximum atomic E-state index is 13.0. The lowest BCUT2D eigenvalue weighted by Gasteiger charge is -2.33. The summed E-state index contributed by atoms with van der Waals surface area (Å²) >= 11 is 5.75. The zero-order valence-corrected chi connectivity index (χ0v) is 17.2. The molecular weight excluding hydrogens is 421 g/mol. The number of nitriles is 1. The molecular formula is C20H20ClF3N4O2. The average molecular weight is 441 g/mol. The Morgan fingerprint density at radius 2 is 2.03 bits per heavy atom. The van der Waals surface area contributed by atoms with Crippen LogP contribution in [-0.2, 0) is 17.5 Å². The van der Waals surface area contributed by atoms with Crippen molar-refractivity contribution in [2.75, 3.05) is 25.1 Å². The molecule has 1 aliphatic rings. The van der Waals surface area contributed by atoms with Crippen LogP contribution in [0.3, 0.4) is 0 Å². The van der Waals surface area contributed by atoms with Gasteiger partial charge in [-0.15, -0.1) is 0 Å². The van der Waals surface area contributed by atoms with E-state index < -0.39 is 16.9 Å². The van der Waals surface area contributed by atoms with E-state index in [-0.39, 0.29) is 23.9 Å². The van der Waals surface area contributed by atoms with E-state index in [4.69, 9.17) is 21.6 Å². The number of hydrogen-bond acceptors (Lipinski definition) is 5. The Hall–Kier alpha value is -2.73. The second-order valence-electron chi connectivity index (χ2n) is 7.13.